The first kappa shape index (κ1) is 88.8. The van der Waals surface area contributed by atoms with Gasteiger partial charge in [-0.3, -0.25) is 91.5 Å². The summed E-state index contributed by atoms with van der Waals surface area (Å²) in [5, 5.41) is 125. The maximum absolute atomic E-state index is 14.1. The summed E-state index contributed by atoms with van der Waals surface area (Å²) in [5.74, 6) is -23.8. The molecule has 108 heavy (non-hydrogen) atoms. The number of amides is 4. The van der Waals surface area contributed by atoms with Crippen molar-refractivity contribution in [2.45, 2.75) is 133 Å². The van der Waals surface area contributed by atoms with Crippen LogP contribution in [0, 0.1) is 5.92 Å². The molecule has 0 bridgehead atoms. The van der Waals surface area contributed by atoms with Gasteiger partial charge in [0.15, 0.2) is 24.7 Å². The number of fused-ring (bicyclic) bond motifs is 2. The zero-order chi connectivity index (χ0) is 80.5. The Morgan fingerprint density at radius 1 is 0.491 bits per heavy atom. The number of aliphatic hydroxyl groups is 1. The van der Waals surface area contributed by atoms with Gasteiger partial charge in [0.1, 0.15) is 22.6 Å². The van der Waals surface area contributed by atoms with Gasteiger partial charge >= 0.3 is 65.7 Å². The normalized spacial score (nSPS) is 13.9. The molecule has 2 aromatic carbocycles. The van der Waals surface area contributed by atoms with Crippen LogP contribution in [0.5, 0.6) is 0 Å². The van der Waals surface area contributed by atoms with E-state index in [1.807, 2.05) is 16.7 Å². The Morgan fingerprint density at radius 2 is 0.963 bits per heavy atom. The first-order chi connectivity index (χ1) is 50.9. The molecule has 3 aromatic rings. The topological polar surface area (TPSA) is 601 Å². The van der Waals surface area contributed by atoms with Crippen LogP contribution in [0.4, 0.5) is 5.69 Å². The van der Waals surface area contributed by atoms with Crippen molar-refractivity contribution >= 4 is 140 Å². The number of aliphatic carboxylic acids is 11. The highest BCUT2D eigenvalue weighted by Gasteiger charge is 2.36. The van der Waals surface area contributed by atoms with Crippen molar-refractivity contribution in [3.63, 3.8) is 0 Å². The number of carbonyl (C=O) groups is 17. The molecule has 1 aliphatic rings. The Balaban J connectivity index is 1.57. The maximum Gasteiger partial charge on any atom is 0.341 e. The number of ketones is 2. The van der Waals surface area contributed by atoms with Crippen LogP contribution in [0.3, 0.4) is 0 Å². The van der Waals surface area contributed by atoms with Gasteiger partial charge in [0, 0.05) is 80.7 Å². The average molecular weight is 1540 g/mol. The molecule has 4 amide bonds. The summed E-state index contributed by atoms with van der Waals surface area (Å²) in [4.78, 5) is 216. The number of carbonyl (C=O) groups excluding carboxylic acids is 6. The standard InChI is InChI=1S/C68H86N10O29S/c1-39(79)31-74(32-55(85)86)47(65(100)101)15-9-10-25-69-64(99)41(18-20-51(82)71-62(67(104)105)76(35-58(91)92)36-59(93)94)29-42(80)23-27-73-26-22-40(43-11-5-6-12-45(43)73)30-54-78(46-13-7-8-17-50(46)108-54)28-24-53(84)70-44(19-21-52(83)72-63(68(106)107)77(37-60(95)96)38-61(97)98)49(81)16-4-2-3-14-48(66(102)103)75(33-56(87)88)34-57(89)90/h5-8,11-13,17,22,26,30,41,44,47-48,62-63H,1-4,9-10,14-16,18-21,23-25,27-29,31-38H2,(H15-,69,70,71,72,79,82,83,84,85,86,87,88,89,90,91,92,93,94,95,96,97,98,99,100,101,102,103,104,105,106,107)/p+1. The lowest BCUT2D eigenvalue weighted by atomic mass is 9.94. The van der Waals surface area contributed by atoms with Crippen molar-refractivity contribution in [2.75, 3.05) is 70.3 Å². The molecule has 0 saturated heterocycles. The number of nitrogens with one attached hydrogen (secondary N) is 4. The summed E-state index contributed by atoms with van der Waals surface area (Å²) in [5.41, 5.74) is 2.62. The van der Waals surface area contributed by atoms with E-state index in [-0.39, 0.29) is 83.8 Å². The summed E-state index contributed by atoms with van der Waals surface area (Å²) in [6, 6.07) is 9.92. The molecule has 0 aliphatic carbocycles. The molecule has 1 aromatic heterocycles. The second-order valence-electron chi connectivity index (χ2n) is 24.9. The largest absolute Gasteiger partial charge is 0.512 e. The van der Waals surface area contributed by atoms with Crippen LogP contribution < -0.4 is 30.7 Å². The van der Waals surface area contributed by atoms with Gasteiger partial charge in [-0.15, -0.1) is 0 Å². The highest BCUT2D eigenvalue weighted by molar-refractivity contribution is 7.18. The second-order valence-corrected chi connectivity index (χ2v) is 26.0. The zero-order valence-corrected chi connectivity index (χ0v) is 59.1. The number of anilines is 1. The van der Waals surface area contributed by atoms with E-state index in [2.05, 4.69) is 27.8 Å². The van der Waals surface area contributed by atoms with E-state index >= 15 is 0 Å². The Kier molecular flexibility index (Phi) is 36.5. The van der Waals surface area contributed by atoms with Crippen LogP contribution in [-0.2, 0) is 88.1 Å². The third kappa shape index (κ3) is 30.8. The summed E-state index contributed by atoms with van der Waals surface area (Å²) in [6.45, 7) is -4.28. The fourth-order valence-electron chi connectivity index (χ4n) is 11.8. The molecule has 2 heterocycles. The molecule has 4 rings (SSSR count). The lowest BCUT2D eigenvalue weighted by Crippen LogP contribution is -2.56. The van der Waals surface area contributed by atoms with Crippen molar-refractivity contribution in [2.24, 2.45) is 5.92 Å². The number of aliphatic hydroxyl groups excluding tert-OH is 1. The number of nitrogens with zero attached hydrogens (tertiary/aromatic N) is 6. The number of para-hydroxylation sites is 2. The number of hydrogen-bond acceptors (Lipinski definition) is 24. The van der Waals surface area contributed by atoms with Crippen LogP contribution in [0.2, 0.25) is 0 Å². The molecular weight excluding hydrogens is 1450 g/mol. The van der Waals surface area contributed by atoms with Crippen LogP contribution in [0.15, 0.2) is 73.1 Å². The first-order valence-corrected chi connectivity index (χ1v) is 34.4. The number of aryl methyl sites for hydroxylation is 1. The minimum Gasteiger partial charge on any atom is -0.512 e. The number of aromatic nitrogens is 1. The van der Waals surface area contributed by atoms with Gasteiger partial charge in [-0.2, -0.15) is 4.57 Å². The third-order valence-corrected chi connectivity index (χ3v) is 17.7. The minimum absolute atomic E-state index is 0.0245. The molecule has 1 aliphatic heterocycles. The summed E-state index contributed by atoms with van der Waals surface area (Å²) < 4.78 is 2.61. The van der Waals surface area contributed by atoms with E-state index in [0.717, 1.165) is 14.5 Å². The van der Waals surface area contributed by atoms with Gasteiger partial charge in [0.2, 0.25) is 29.1 Å². The van der Waals surface area contributed by atoms with Gasteiger partial charge in [-0.1, -0.05) is 61.1 Å². The molecule has 39 nitrogen and oxygen atoms in total. The summed E-state index contributed by atoms with van der Waals surface area (Å²) in [6.07, 6.45) is -2.33. The molecule has 6 unspecified atom stereocenters. The number of rotatable bonds is 55. The summed E-state index contributed by atoms with van der Waals surface area (Å²) >= 11 is 1.35. The molecule has 40 heteroatoms. The molecule has 6 atom stereocenters. The molecule has 0 saturated carbocycles. The van der Waals surface area contributed by atoms with Crippen molar-refractivity contribution in [3.05, 3.63) is 83.7 Å². The monoisotopic (exact) mass is 1540 g/mol. The Hall–Kier alpha value is -11.6. The zero-order valence-electron chi connectivity index (χ0n) is 58.3. The van der Waals surface area contributed by atoms with Gasteiger partial charge in [0.25, 0.3) is 5.01 Å². The molecule has 16 N–H and O–H groups in total. The Labute approximate surface area is 619 Å². The van der Waals surface area contributed by atoms with Crippen molar-refractivity contribution in [1.29, 1.82) is 0 Å². The molecular formula is C68H87N10O29S+. The SMILES string of the molecule is C=C(O)CN(CC(=O)O)C(CCCCNC(=O)C(CCC(=O)NC(C(=O)O)N(CC(=O)O)CC(=O)O)CC(=O)CCN1C=C/C(=C\c2sc3ccccc3[n+]2CCC(=O)NC(CCC(=O)NC(C(=O)O)N(CC(=O)O)CC(=O)O)C(=O)CCCCCC(C(=O)O)N(CC(=O)O)CC(=O)O)c2ccccc21)C(=O)O. The smallest absolute Gasteiger partial charge is 0.341 e. The molecule has 0 fully saturated rings. The third-order valence-electron chi connectivity index (χ3n) is 16.6. The van der Waals surface area contributed by atoms with E-state index < -0.39 is 227 Å². The number of allylic oxidation sites excluding steroid dienone is 2. The molecule has 588 valence electrons. The minimum atomic E-state index is -2.16. The fourth-order valence-corrected chi connectivity index (χ4v) is 12.9. The highest BCUT2D eigenvalue weighted by atomic mass is 32.1. The van der Waals surface area contributed by atoms with Crippen LogP contribution >= 0.6 is 11.3 Å². The predicted molar refractivity (Wildman–Crippen MR) is 374 cm³/mol. The molecule has 0 radical (unpaired) electrons. The van der Waals surface area contributed by atoms with E-state index in [9.17, 15) is 143 Å². The van der Waals surface area contributed by atoms with Gasteiger partial charge in [0.05, 0.1) is 70.6 Å². The Bertz CT molecular complexity index is 3830. The number of carboxylic acid groups (broad SMARTS) is 11. The highest BCUT2D eigenvalue weighted by Crippen LogP contribution is 2.35. The quantitative estimate of drug-likeness (QED) is 0.0154. The second kappa shape index (κ2) is 44.4. The van der Waals surface area contributed by atoms with E-state index in [1.165, 1.54) is 11.3 Å². The fraction of sp³-hybridized carbons (Fsp3) is 0.471. The van der Waals surface area contributed by atoms with E-state index in [4.69, 9.17) is 0 Å². The number of thiazole rings is 1. The van der Waals surface area contributed by atoms with Crippen LogP contribution in [-0.4, -0.2) is 278 Å². The number of hydrogen-bond donors (Lipinski definition) is 16. The van der Waals surface area contributed by atoms with E-state index in [0.29, 0.717) is 37.1 Å². The number of benzene rings is 2. The van der Waals surface area contributed by atoms with Gasteiger partial charge < -0.3 is 87.4 Å². The van der Waals surface area contributed by atoms with Gasteiger partial charge in [-0.25, -0.2) is 9.59 Å². The van der Waals surface area contributed by atoms with Crippen LogP contribution in [0.1, 0.15) is 107 Å². The summed E-state index contributed by atoms with van der Waals surface area (Å²) in [7, 11) is 0. The average Bonchev–Trinajstić information content (AvgIpc) is 1.63. The lowest BCUT2D eigenvalue weighted by Gasteiger charge is -2.27. The number of unbranched alkanes of at least 4 members (excludes halogenated alkanes) is 3. The van der Waals surface area contributed by atoms with Crippen molar-refractivity contribution in [3.8, 4) is 0 Å². The van der Waals surface area contributed by atoms with Crippen molar-refractivity contribution < 1.29 is 147 Å². The maximum atomic E-state index is 14.1. The Morgan fingerprint density at radius 3 is 1.47 bits per heavy atom. The predicted octanol–water partition coefficient (Wildman–Crippen LogP) is 0.102. The van der Waals surface area contributed by atoms with Gasteiger partial charge in [-0.05, 0) is 68.7 Å². The number of Topliss-reactive ketones (excluding diaryl/α,β-unsaturated/α-hetero) is 2. The van der Waals surface area contributed by atoms with Crippen molar-refractivity contribution in [1.82, 2.24) is 40.9 Å². The first-order valence-electron chi connectivity index (χ1n) is 33.6. The number of carboxylic acids is 11. The van der Waals surface area contributed by atoms with Crippen LogP contribution in [0.25, 0.3) is 21.9 Å². The lowest BCUT2D eigenvalue weighted by molar-refractivity contribution is -0.667. The van der Waals surface area contributed by atoms with E-state index in [1.54, 1.807) is 59.6 Å². The molecule has 0 spiro atoms.